The number of guanidine groups is 1. The van der Waals surface area contributed by atoms with E-state index in [1.54, 1.807) is 7.05 Å². The fourth-order valence-corrected chi connectivity index (χ4v) is 2.57. The van der Waals surface area contributed by atoms with Crippen LogP contribution in [0.1, 0.15) is 32.6 Å². The minimum atomic E-state index is 0. The van der Waals surface area contributed by atoms with Crippen LogP contribution in [0, 0.1) is 5.92 Å². The summed E-state index contributed by atoms with van der Waals surface area (Å²) in [6, 6.07) is 0.239. The molecule has 2 rings (SSSR count). The number of carbonyl (C=O) groups is 2. The Morgan fingerprint density at radius 1 is 1.17 bits per heavy atom. The normalized spacial score (nSPS) is 20.7. The third-order valence-electron chi connectivity index (χ3n) is 4.07. The summed E-state index contributed by atoms with van der Waals surface area (Å²) in [5.41, 5.74) is 0. The van der Waals surface area contributed by atoms with Crippen molar-refractivity contribution in [1.82, 2.24) is 20.9 Å². The van der Waals surface area contributed by atoms with Crippen LogP contribution in [0.4, 0.5) is 0 Å². The molecule has 2 fully saturated rings. The van der Waals surface area contributed by atoms with E-state index >= 15 is 0 Å². The summed E-state index contributed by atoms with van der Waals surface area (Å²) in [5, 5.41) is 9.43. The molecule has 0 aromatic rings. The monoisotopic (exact) mass is 437 g/mol. The van der Waals surface area contributed by atoms with Crippen molar-refractivity contribution in [2.75, 3.05) is 33.2 Å². The van der Waals surface area contributed by atoms with Crippen LogP contribution in [0.3, 0.4) is 0 Å². The van der Waals surface area contributed by atoms with Crippen LogP contribution >= 0.6 is 24.0 Å². The second-order valence-electron chi connectivity index (χ2n) is 5.89. The van der Waals surface area contributed by atoms with Gasteiger partial charge in [0.2, 0.25) is 11.8 Å². The smallest absolute Gasteiger partial charge is 0.223 e. The van der Waals surface area contributed by atoms with Crippen LogP contribution in [0.5, 0.6) is 0 Å². The molecule has 1 saturated carbocycles. The van der Waals surface area contributed by atoms with E-state index in [4.69, 9.17) is 0 Å². The Balaban J connectivity index is 0.00000264. The van der Waals surface area contributed by atoms with Crippen LogP contribution in [-0.4, -0.2) is 61.9 Å². The standard InChI is InChI=1S/C15H27N5O2.HI/c1-3-13(21)20-9-6-12(10-20)19-15(16-2)18-8-7-17-14(22)11-4-5-11;/h11-12H,3-10H2,1-2H3,(H,17,22)(H2,16,18,19);1H. The second kappa shape index (κ2) is 9.94. The Morgan fingerprint density at radius 3 is 2.48 bits per heavy atom. The molecule has 1 heterocycles. The first kappa shape index (κ1) is 20.0. The van der Waals surface area contributed by atoms with Crippen molar-refractivity contribution >= 4 is 41.8 Å². The van der Waals surface area contributed by atoms with Gasteiger partial charge in [-0.2, -0.15) is 0 Å². The van der Waals surface area contributed by atoms with E-state index in [0.717, 1.165) is 38.3 Å². The van der Waals surface area contributed by atoms with Gasteiger partial charge in [-0.1, -0.05) is 6.92 Å². The molecule has 1 saturated heterocycles. The van der Waals surface area contributed by atoms with Gasteiger partial charge < -0.3 is 20.9 Å². The summed E-state index contributed by atoms with van der Waals surface area (Å²) < 4.78 is 0. The van der Waals surface area contributed by atoms with Crippen LogP contribution in [-0.2, 0) is 9.59 Å². The highest BCUT2D eigenvalue weighted by atomic mass is 127. The van der Waals surface area contributed by atoms with Gasteiger partial charge in [0.05, 0.1) is 0 Å². The number of nitrogens with zero attached hydrogens (tertiary/aromatic N) is 2. The first-order valence-corrected chi connectivity index (χ1v) is 8.16. The van der Waals surface area contributed by atoms with E-state index in [2.05, 4.69) is 20.9 Å². The maximum Gasteiger partial charge on any atom is 0.223 e. The summed E-state index contributed by atoms with van der Waals surface area (Å²) >= 11 is 0. The van der Waals surface area contributed by atoms with E-state index in [1.807, 2.05) is 11.8 Å². The Morgan fingerprint density at radius 2 is 1.87 bits per heavy atom. The number of halogens is 1. The molecule has 23 heavy (non-hydrogen) atoms. The first-order chi connectivity index (χ1) is 10.6. The van der Waals surface area contributed by atoms with Crippen molar-refractivity contribution in [3.8, 4) is 0 Å². The van der Waals surface area contributed by atoms with E-state index in [-0.39, 0.29) is 47.8 Å². The van der Waals surface area contributed by atoms with Crippen LogP contribution in [0.25, 0.3) is 0 Å². The number of aliphatic imine (C=N–C) groups is 1. The molecule has 8 heteroatoms. The summed E-state index contributed by atoms with van der Waals surface area (Å²) in [7, 11) is 1.72. The Hall–Kier alpha value is -1.06. The van der Waals surface area contributed by atoms with Gasteiger partial charge in [-0.05, 0) is 19.3 Å². The van der Waals surface area contributed by atoms with Gasteiger partial charge in [0.1, 0.15) is 0 Å². The average Bonchev–Trinajstić information content (AvgIpc) is 3.28. The third-order valence-corrected chi connectivity index (χ3v) is 4.07. The van der Waals surface area contributed by atoms with Crippen LogP contribution < -0.4 is 16.0 Å². The Kier molecular flexibility index (Phi) is 8.64. The second-order valence-corrected chi connectivity index (χ2v) is 5.89. The highest BCUT2D eigenvalue weighted by Gasteiger charge is 2.29. The summed E-state index contributed by atoms with van der Waals surface area (Å²) in [4.78, 5) is 29.2. The third kappa shape index (κ3) is 6.52. The zero-order valence-electron chi connectivity index (χ0n) is 13.9. The minimum absolute atomic E-state index is 0. The van der Waals surface area contributed by atoms with Crippen LogP contribution in [0.15, 0.2) is 4.99 Å². The molecule has 3 N–H and O–H groups in total. The summed E-state index contributed by atoms with van der Waals surface area (Å²) in [5.74, 6) is 1.33. The van der Waals surface area contributed by atoms with E-state index in [9.17, 15) is 9.59 Å². The van der Waals surface area contributed by atoms with Gasteiger partial charge in [0.15, 0.2) is 5.96 Å². The van der Waals surface area contributed by atoms with Gasteiger partial charge in [0, 0.05) is 51.6 Å². The Labute approximate surface area is 155 Å². The number of nitrogens with one attached hydrogen (secondary N) is 3. The minimum Gasteiger partial charge on any atom is -0.355 e. The fourth-order valence-electron chi connectivity index (χ4n) is 2.57. The van der Waals surface area contributed by atoms with Gasteiger partial charge in [0.25, 0.3) is 0 Å². The van der Waals surface area contributed by atoms with Crippen molar-refractivity contribution in [1.29, 1.82) is 0 Å². The van der Waals surface area contributed by atoms with Crippen molar-refractivity contribution in [3.05, 3.63) is 0 Å². The fraction of sp³-hybridized carbons (Fsp3) is 0.800. The molecule has 0 bridgehead atoms. The summed E-state index contributed by atoms with van der Waals surface area (Å²) in [6.07, 6.45) is 3.54. The zero-order chi connectivity index (χ0) is 15.9. The number of hydrogen-bond donors (Lipinski definition) is 3. The lowest BCUT2D eigenvalue weighted by molar-refractivity contribution is -0.129. The molecule has 1 aliphatic heterocycles. The van der Waals surface area contributed by atoms with Gasteiger partial charge in [-0.15, -0.1) is 24.0 Å². The van der Waals surface area contributed by atoms with Crippen molar-refractivity contribution in [2.24, 2.45) is 10.9 Å². The largest absolute Gasteiger partial charge is 0.355 e. The highest BCUT2D eigenvalue weighted by molar-refractivity contribution is 14.0. The van der Waals surface area contributed by atoms with Gasteiger partial charge in [-0.25, -0.2) is 0 Å². The molecule has 0 spiro atoms. The van der Waals surface area contributed by atoms with Crippen molar-refractivity contribution < 1.29 is 9.59 Å². The Bertz CT molecular complexity index is 440. The molecule has 0 aromatic carbocycles. The maximum absolute atomic E-state index is 11.7. The van der Waals surface area contributed by atoms with Crippen molar-refractivity contribution in [2.45, 2.75) is 38.6 Å². The average molecular weight is 437 g/mol. The molecule has 0 aromatic heterocycles. The zero-order valence-corrected chi connectivity index (χ0v) is 16.3. The predicted molar refractivity (Wildman–Crippen MR) is 101 cm³/mol. The highest BCUT2D eigenvalue weighted by Crippen LogP contribution is 2.28. The number of rotatable bonds is 6. The number of hydrogen-bond acceptors (Lipinski definition) is 3. The molecule has 132 valence electrons. The SMILES string of the molecule is CCC(=O)N1CCC(NC(=NC)NCCNC(=O)C2CC2)C1.I. The lowest BCUT2D eigenvalue weighted by Gasteiger charge is -2.18. The number of carbonyl (C=O) groups excluding carboxylic acids is 2. The lowest BCUT2D eigenvalue weighted by Crippen LogP contribution is -2.47. The van der Waals surface area contributed by atoms with Gasteiger partial charge >= 0.3 is 0 Å². The maximum atomic E-state index is 11.7. The molecule has 2 amide bonds. The number of likely N-dealkylation sites (tertiary alicyclic amines) is 1. The molecule has 1 aliphatic carbocycles. The molecule has 1 atom stereocenters. The van der Waals surface area contributed by atoms with E-state index in [1.165, 1.54) is 0 Å². The van der Waals surface area contributed by atoms with E-state index in [0.29, 0.717) is 19.5 Å². The summed E-state index contributed by atoms with van der Waals surface area (Å²) in [6.45, 7) is 4.66. The van der Waals surface area contributed by atoms with Gasteiger partial charge in [-0.3, -0.25) is 14.6 Å². The topological polar surface area (TPSA) is 85.8 Å². The van der Waals surface area contributed by atoms with E-state index < -0.39 is 0 Å². The molecule has 0 radical (unpaired) electrons. The lowest BCUT2D eigenvalue weighted by atomic mass is 10.3. The van der Waals surface area contributed by atoms with Crippen molar-refractivity contribution in [3.63, 3.8) is 0 Å². The van der Waals surface area contributed by atoms with Crippen LogP contribution in [0.2, 0.25) is 0 Å². The number of amides is 2. The first-order valence-electron chi connectivity index (χ1n) is 8.16. The quantitative estimate of drug-likeness (QED) is 0.242. The molecular formula is C15H28IN5O2. The molecule has 7 nitrogen and oxygen atoms in total. The molecule has 1 unspecified atom stereocenters. The molecular weight excluding hydrogens is 409 g/mol. The molecule has 2 aliphatic rings. The predicted octanol–water partition coefficient (Wildman–Crippen LogP) is 0.307.